The Balaban J connectivity index is 0.00000320. The Kier molecular flexibility index (Phi) is 12.3. The summed E-state index contributed by atoms with van der Waals surface area (Å²) in [5.74, 6) is 1.98. The number of morpholine rings is 1. The highest BCUT2D eigenvalue weighted by molar-refractivity contribution is 14.0. The van der Waals surface area contributed by atoms with Gasteiger partial charge in [-0.05, 0) is 32.6 Å². The second-order valence-corrected chi connectivity index (χ2v) is 8.09. The van der Waals surface area contributed by atoms with Crippen molar-refractivity contribution in [3.63, 3.8) is 0 Å². The van der Waals surface area contributed by atoms with Gasteiger partial charge in [-0.25, -0.2) is 0 Å². The molecule has 3 aliphatic heterocycles. The molecule has 0 aromatic rings. The van der Waals surface area contributed by atoms with E-state index in [9.17, 15) is 4.79 Å². The number of likely N-dealkylation sites (tertiary alicyclic amines) is 1. The van der Waals surface area contributed by atoms with Crippen molar-refractivity contribution in [3.8, 4) is 0 Å². The average molecular weight is 538 g/mol. The molecule has 0 aromatic carbocycles. The number of carbonyl (C=O) groups is 1. The number of halogens is 1. The number of rotatable bonds is 8. The van der Waals surface area contributed by atoms with E-state index in [0.29, 0.717) is 25.0 Å². The monoisotopic (exact) mass is 538 g/mol. The highest BCUT2D eigenvalue weighted by Crippen LogP contribution is 2.20. The summed E-state index contributed by atoms with van der Waals surface area (Å²) in [6, 6.07) is 0. The minimum atomic E-state index is 0. The van der Waals surface area contributed by atoms with Crippen LogP contribution >= 0.6 is 24.0 Å². The van der Waals surface area contributed by atoms with Gasteiger partial charge in [0.05, 0.1) is 26.4 Å². The number of nitrogens with one attached hydrogen (secondary N) is 1. The first-order valence-corrected chi connectivity index (χ1v) is 11.3. The van der Waals surface area contributed by atoms with Gasteiger partial charge in [0.2, 0.25) is 5.91 Å². The zero-order chi connectivity index (χ0) is 20.3. The molecule has 1 unspecified atom stereocenters. The maximum Gasteiger partial charge on any atom is 0.225 e. The van der Waals surface area contributed by atoms with Crippen molar-refractivity contribution < 1.29 is 19.0 Å². The van der Waals surface area contributed by atoms with Gasteiger partial charge in [-0.2, -0.15) is 0 Å². The highest BCUT2D eigenvalue weighted by atomic mass is 127. The Bertz CT molecular complexity index is 517. The van der Waals surface area contributed by atoms with Crippen LogP contribution in [0, 0.1) is 11.8 Å². The van der Waals surface area contributed by atoms with Gasteiger partial charge in [0.15, 0.2) is 5.96 Å². The van der Waals surface area contributed by atoms with Gasteiger partial charge >= 0.3 is 0 Å². The van der Waals surface area contributed by atoms with E-state index in [-0.39, 0.29) is 29.9 Å². The second kappa shape index (κ2) is 14.4. The fourth-order valence-electron chi connectivity index (χ4n) is 4.12. The lowest BCUT2D eigenvalue weighted by Gasteiger charge is -2.36. The van der Waals surface area contributed by atoms with E-state index in [1.165, 1.54) is 0 Å². The first-order chi connectivity index (χ1) is 14.3. The Labute approximate surface area is 198 Å². The fraction of sp³-hybridized carbons (Fsp3) is 0.905. The minimum Gasteiger partial charge on any atom is -0.381 e. The summed E-state index contributed by atoms with van der Waals surface area (Å²) in [4.78, 5) is 21.8. The predicted octanol–water partition coefficient (Wildman–Crippen LogP) is 1.58. The van der Waals surface area contributed by atoms with Gasteiger partial charge in [-0.3, -0.25) is 9.79 Å². The summed E-state index contributed by atoms with van der Waals surface area (Å²) in [6.45, 7) is 11.5. The van der Waals surface area contributed by atoms with Crippen molar-refractivity contribution in [1.82, 2.24) is 15.1 Å². The van der Waals surface area contributed by atoms with Crippen LogP contribution in [0.15, 0.2) is 4.99 Å². The molecule has 3 aliphatic rings. The summed E-state index contributed by atoms with van der Waals surface area (Å²) in [5.41, 5.74) is 0. The normalized spacial score (nSPS) is 23.4. The van der Waals surface area contributed by atoms with Crippen LogP contribution in [-0.2, 0) is 19.0 Å². The number of hydrogen-bond donors (Lipinski definition) is 1. The fourth-order valence-corrected chi connectivity index (χ4v) is 4.12. The molecule has 30 heavy (non-hydrogen) atoms. The van der Waals surface area contributed by atoms with Crippen molar-refractivity contribution in [2.45, 2.75) is 32.6 Å². The molecule has 0 aromatic heterocycles. The molecule has 9 heteroatoms. The van der Waals surface area contributed by atoms with E-state index < -0.39 is 0 Å². The summed E-state index contributed by atoms with van der Waals surface area (Å²) in [7, 11) is 0. The third kappa shape index (κ3) is 8.12. The van der Waals surface area contributed by atoms with Crippen LogP contribution in [0.25, 0.3) is 0 Å². The molecule has 3 rings (SSSR count). The molecule has 3 saturated heterocycles. The Hall–Kier alpha value is -0.650. The minimum absolute atomic E-state index is 0. The third-order valence-corrected chi connectivity index (χ3v) is 5.89. The molecule has 3 fully saturated rings. The highest BCUT2D eigenvalue weighted by Gasteiger charge is 2.30. The van der Waals surface area contributed by atoms with E-state index >= 15 is 0 Å². The molecule has 1 atom stereocenters. The molecule has 3 heterocycles. The van der Waals surface area contributed by atoms with E-state index in [2.05, 4.69) is 17.1 Å². The Morgan fingerprint density at radius 2 is 1.83 bits per heavy atom. The van der Waals surface area contributed by atoms with Crippen molar-refractivity contribution in [3.05, 3.63) is 0 Å². The van der Waals surface area contributed by atoms with Gasteiger partial charge in [0.25, 0.3) is 0 Å². The first-order valence-electron chi connectivity index (χ1n) is 11.3. The van der Waals surface area contributed by atoms with Crippen LogP contribution < -0.4 is 5.32 Å². The van der Waals surface area contributed by atoms with E-state index in [0.717, 1.165) is 97.3 Å². The predicted molar refractivity (Wildman–Crippen MR) is 127 cm³/mol. The van der Waals surface area contributed by atoms with Crippen LogP contribution in [0.5, 0.6) is 0 Å². The van der Waals surface area contributed by atoms with Gasteiger partial charge in [-0.15, -0.1) is 24.0 Å². The number of hydrogen-bond acceptors (Lipinski definition) is 5. The molecule has 0 saturated carbocycles. The molecule has 1 N–H and O–H groups in total. The number of ether oxygens (including phenoxy) is 3. The van der Waals surface area contributed by atoms with Crippen molar-refractivity contribution in [1.29, 1.82) is 0 Å². The molecule has 0 spiro atoms. The maximum atomic E-state index is 12.7. The quantitative estimate of drug-likeness (QED) is 0.219. The molecular formula is C21H39IN4O4. The van der Waals surface area contributed by atoms with E-state index in [1.54, 1.807) is 0 Å². The van der Waals surface area contributed by atoms with Crippen LogP contribution in [-0.4, -0.2) is 101 Å². The smallest absolute Gasteiger partial charge is 0.225 e. The zero-order valence-electron chi connectivity index (χ0n) is 18.4. The molecular weight excluding hydrogens is 499 g/mol. The lowest BCUT2D eigenvalue weighted by atomic mass is 9.95. The lowest BCUT2D eigenvalue weighted by Crippen LogP contribution is -2.50. The topological polar surface area (TPSA) is 75.6 Å². The van der Waals surface area contributed by atoms with Crippen molar-refractivity contribution in [2.24, 2.45) is 16.8 Å². The van der Waals surface area contributed by atoms with Gasteiger partial charge in [-0.1, -0.05) is 0 Å². The summed E-state index contributed by atoms with van der Waals surface area (Å²) < 4.78 is 16.5. The third-order valence-electron chi connectivity index (χ3n) is 5.89. The number of piperidine rings is 1. The molecule has 8 nitrogen and oxygen atoms in total. The number of nitrogens with zero attached hydrogens (tertiary/aromatic N) is 3. The largest absolute Gasteiger partial charge is 0.381 e. The van der Waals surface area contributed by atoms with Gasteiger partial charge < -0.3 is 29.3 Å². The number of amides is 1. The number of guanidine groups is 1. The zero-order valence-corrected chi connectivity index (χ0v) is 20.7. The lowest BCUT2D eigenvalue weighted by molar-refractivity contribution is -0.140. The molecule has 0 aliphatic carbocycles. The first kappa shape index (κ1) is 25.6. The summed E-state index contributed by atoms with van der Waals surface area (Å²) in [5, 5.41) is 3.40. The Morgan fingerprint density at radius 3 is 2.50 bits per heavy atom. The van der Waals surface area contributed by atoms with Crippen molar-refractivity contribution in [2.75, 3.05) is 78.9 Å². The second-order valence-electron chi connectivity index (χ2n) is 8.09. The average Bonchev–Trinajstić information content (AvgIpc) is 3.29. The molecule has 0 bridgehead atoms. The standard InChI is InChI=1S/C21H38N4O4.HI/c1-2-22-21(23-7-3-12-28-16-18-6-13-29-17-18)25-8-4-19(5-9-25)20(26)24-10-14-27-15-11-24;/h18-19H,2-17H2,1H3,(H,22,23);1H. The molecule has 0 radical (unpaired) electrons. The van der Waals surface area contributed by atoms with E-state index in [4.69, 9.17) is 19.2 Å². The number of aliphatic imine (C=N–C) groups is 1. The van der Waals surface area contributed by atoms with E-state index in [1.807, 2.05) is 4.90 Å². The molecule has 1 amide bonds. The summed E-state index contributed by atoms with van der Waals surface area (Å²) >= 11 is 0. The molecule has 174 valence electrons. The number of carbonyl (C=O) groups excluding carboxylic acids is 1. The SMILES string of the molecule is CCNC(=NCCCOCC1CCOC1)N1CCC(C(=O)N2CCOCC2)CC1.I. The van der Waals surface area contributed by atoms with Crippen LogP contribution in [0.1, 0.15) is 32.6 Å². The maximum absolute atomic E-state index is 12.7. The summed E-state index contributed by atoms with van der Waals surface area (Å²) in [6.07, 6.45) is 3.83. The van der Waals surface area contributed by atoms with Gasteiger partial charge in [0, 0.05) is 64.3 Å². The van der Waals surface area contributed by atoms with Gasteiger partial charge in [0.1, 0.15) is 0 Å². The van der Waals surface area contributed by atoms with Crippen molar-refractivity contribution >= 4 is 35.8 Å². The van der Waals surface area contributed by atoms with Crippen LogP contribution in [0.4, 0.5) is 0 Å². The van der Waals surface area contributed by atoms with Crippen LogP contribution in [0.3, 0.4) is 0 Å². The van der Waals surface area contributed by atoms with Crippen LogP contribution in [0.2, 0.25) is 0 Å². The Morgan fingerprint density at radius 1 is 1.07 bits per heavy atom.